The molecular formula is C20H16ClN3O. The van der Waals surface area contributed by atoms with Crippen LogP contribution in [-0.4, -0.2) is 22.8 Å². The van der Waals surface area contributed by atoms with Crippen molar-refractivity contribution in [3.05, 3.63) is 59.3 Å². The topological polar surface area (TPSA) is 67.9 Å². The van der Waals surface area contributed by atoms with E-state index in [4.69, 9.17) is 11.6 Å². The van der Waals surface area contributed by atoms with Crippen LogP contribution in [-0.2, 0) is 4.79 Å². The average Bonchev–Trinajstić information content (AvgIpc) is 3.44. The first-order valence-electron chi connectivity index (χ1n) is 8.37. The minimum atomic E-state index is -1.36. The number of nitrogens with zero attached hydrogens (tertiary/aromatic N) is 3. The predicted molar refractivity (Wildman–Crippen MR) is 93.3 cm³/mol. The van der Waals surface area contributed by atoms with Gasteiger partial charge in [-0.3, -0.25) is 4.79 Å². The number of benzene rings is 1. The minimum Gasteiger partial charge on any atom is -0.358 e. The van der Waals surface area contributed by atoms with Gasteiger partial charge >= 0.3 is 0 Å². The first-order chi connectivity index (χ1) is 12.1. The Bertz CT molecular complexity index is 858. The minimum absolute atomic E-state index is 0.0307. The van der Waals surface area contributed by atoms with E-state index in [0.29, 0.717) is 10.6 Å². The van der Waals surface area contributed by atoms with Gasteiger partial charge in [-0.2, -0.15) is 10.5 Å². The van der Waals surface area contributed by atoms with Crippen LogP contribution in [0.2, 0.25) is 5.02 Å². The van der Waals surface area contributed by atoms with Crippen LogP contribution in [0.4, 0.5) is 0 Å². The number of Topliss-reactive ketones (excluding diaryl/α,β-unsaturated/α-hetero) is 1. The lowest BCUT2D eigenvalue weighted by Crippen LogP contribution is -2.40. The van der Waals surface area contributed by atoms with Gasteiger partial charge in [0.15, 0.2) is 11.2 Å². The Kier molecular flexibility index (Phi) is 3.67. The largest absolute Gasteiger partial charge is 0.358 e. The number of allylic oxidation sites excluding steroid dienone is 2. The van der Waals surface area contributed by atoms with E-state index in [0.717, 1.165) is 12.8 Å². The molecule has 0 aromatic heterocycles. The van der Waals surface area contributed by atoms with Crippen molar-refractivity contribution in [1.29, 1.82) is 10.5 Å². The molecule has 1 aromatic rings. The molecule has 4 rings (SSSR count). The first-order valence-corrected chi connectivity index (χ1v) is 8.75. The highest BCUT2D eigenvalue weighted by Crippen LogP contribution is 2.55. The van der Waals surface area contributed by atoms with Gasteiger partial charge in [0.2, 0.25) is 0 Å². The van der Waals surface area contributed by atoms with Crippen LogP contribution < -0.4 is 0 Å². The van der Waals surface area contributed by atoms with E-state index in [1.165, 1.54) is 0 Å². The van der Waals surface area contributed by atoms with Crippen LogP contribution in [0.3, 0.4) is 0 Å². The van der Waals surface area contributed by atoms with Crippen LogP contribution in [0.25, 0.3) is 0 Å². The maximum atomic E-state index is 13.1. The lowest BCUT2D eigenvalue weighted by molar-refractivity contribution is -0.124. The average molecular weight is 350 g/mol. The summed E-state index contributed by atoms with van der Waals surface area (Å²) in [5, 5.41) is 20.5. The van der Waals surface area contributed by atoms with E-state index in [2.05, 4.69) is 12.1 Å². The summed E-state index contributed by atoms with van der Waals surface area (Å²) in [5.41, 5.74) is -0.663. The molecule has 5 heteroatoms. The van der Waals surface area contributed by atoms with Crippen molar-refractivity contribution < 1.29 is 4.79 Å². The fraction of sp³-hybridized carbons (Fsp3) is 0.350. The molecule has 2 aliphatic heterocycles. The van der Waals surface area contributed by atoms with Crippen molar-refractivity contribution in [1.82, 2.24) is 4.90 Å². The molecule has 3 aliphatic rings. The quantitative estimate of drug-likeness (QED) is 0.836. The molecule has 0 amide bonds. The van der Waals surface area contributed by atoms with E-state index in [1.807, 2.05) is 47.5 Å². The number of halogens is 1. The number of carbonyl (C=O) groups excluding carboxylic acids is 1. The van der Waals surface area contributed by atoms with Gasteiger partial charge in [-0.25, -0.2) is 0 Å². The lowest BCUT2D eigenvalue weighted by atomic mass is 9.69. The first kappa shape index (κ1) is 15.9. The smallest absolute Gasteiger partial charge is 0.176 e. The SMILES string of the molecule is N#CC1(C#N)[C@H](c2ccccc2Cl)[C@H](C(=O)C2CC2)N2C=CC=C[C@@H]21. The van der Waals surface area contributed by atoms with Crippen LogP contribution in [0.1, 0.15) is 24.3 Å². The Morgan fingerprint density at radius 2 is 1.92 bits per heavy atom. The molecule has 2 fully saturated rings. The molecule has 0 spiro atoms. The van der Waals surface area contributed by atoms with Crippen molar-refractivity contribution in [2.75, 3.05) is 0 Å². The lowest BCUT2D eigenvalue weighted by Gasteiger charge is -2.29. The normalized spacial score (nSPS) is 28.9. The van der Waals surface area contributed by atoms with Gasteiger partial charge < -0.3 is 4.90 Å². The van der Waals surface area contributed by atoms with Crippen LogP contribution >= 0.6 is 11.6 Å². The maximum Gasteiger partial charge on any atom is 0.176 e. The molecule has 0 bridgehead atoms. The fourth-order valence-electron chi connectivity index (χ4n) is 4.13. The number of fused-ring (bicyclic) bond motifs is 1. The standard InChI is InChI=1S/C20H16ClN3O/c21-15-6-2-1-5-14(15)17-18(19(25)13-8-9-13)24-10-4-3-7-16(24)20(17,11-22)12-23/h1-7,10,13,16-18H,8-9H2/t16-,17-,18-/m1/s1. The van der Waals surface area contributed by atoms with Crippen LogP contribution in [0, 0.1) is 34.0 Å². The second kappa shape index (κ2) is 5.76. The molecule has 0 N–H and O–H groups in total. The molecule has 0 unspecified atom stereocenters. The van der Waals surface area contributed by atoms with Gasteiger partial charge in [0.25, 0.3) is 0 Å². The van der Waals surface area contributed by atoms with E-state index in [1.54, 1.807) is 6.07 Å². The van der Waals surface area contributed by atoms with Crippen molar-refractivity contribution in [2.24, 2.45) is 11.3 Å². The fourth-order valence-corrected chi connectivity index (χ4v) is 4.38. The third kappa shape index (κ3) is 2.22. The monoisotopic (exact) mass is 349 g/mol. The third-order valence-corrected chi connectivity index (χ3v) is 5.80. The molecule has 25 heavy (non-hydrogen) atoms. The molecule has 1 saturated heterocycles. The van der Waals surface area contributed by atoms with Crippen molar-refractivity contribution in [3.63, 3.8) is 0 Å². The van der Waals surface area contributed by atoms with Crippen molar-refractivity contribution in [2.45, 2.75) is 30.8 Å². The summed E-state index contributed by atoms with van der Waals surface area (Å²) in [6.45, 7) is 0. The summed E-state index contributed by atoms with van der Waals surface area (Å²) in [6.07, 6.45) is 9.12. The second-order valence-corrected chi connectivity index (χ2v) is 7.24. The number of rotatable bonds is 3. The summed E-state index contributed by atoms with van der Waals surface area (Å²) < 4.78 is 0. The highest BCUT2D eigenvalue weighted by molar-refractivity contribution is 6.31. The van der Waals surface area contributed by atoms with Crippen molar-refractivity contribution in [3.8, 4) is 12.1 Å². The summed E-state index contributed by atoms with van der Waals surface area (Å²) in [5.74, 6) is -0.438. The maximum absolute atomic E-state index is 13.1. The summed E-state index contributed by atoms with van der Waals surface area (Å²) in [4.78, 5) is 15.0. The van der Waals surface area contributed by atoms with E-state index in [-0.39, 0.29) is 11.7 Å². The third-order valence-electron chi connectivity index (χ3n) is 5.46. The molecule has 1 saturated carbocycles. The highest BCUT2D eigenvalue weighted by atomic mass is 35.5. The summed E-state index contributed by atoms with van der Waals surface area (Å²) in [7, 11) is 0. The molecule has 0 radical (unpaired) electrons. The Hall–Kier alpha value is -2.56. The molecule has 2 heterocycles. The molecule has 1 aromatic carbocycles. The molecule has 4 nitrogen and oxygen atoms in total. The van der Waals surface area contributed by atoms with Gasteiger partial charge in [-0.1, -0.05) is 42.0 Å². The predicted octanol–water partition coefficient (Wildman–Crippen LogP) is 3.57. The Labute approximate surface area is 151 Å². The Morgan fingerprint density at radius 1 is 1.20 bits per heavy atom. The molecule has 1 aliphatic carbocycles. The molecular weight excluding hydrogens is 334 g/mol. The zero-order chi connectivity index (χ0) is 17.6. The number of nitriles is 2. The van der Waals surface area contributed by atoms with Gasteiger partial charge in [0.05, 0.1) is 24.2 Å². The second-order valence-electron chi connectivity index (χ2n) is 6.83. The van der Waals surface area contributed by atoms with Gasteiger partial charge in [-0.15, -0.1) is 0 Å². The van der Waals surface area contributed by atoms with E-state index < -0.39 is 23.4 Å². The van der Waals surface area contributed by atoms with Crippen molar-refractivity contribution >= 4 is 17.4 Å². The number of hydrogen-bond acceptors (Lipinski definition) is 4. The van der Waals surface area contributed by atoms with Gasteiger partial charge in [0.1, 0.15) is 0 Å². The summed E-state index contributed by atoms with van der Waals surface area (Å²) >= 11 is 6.42. The number of ketones is 1. The molecule has 3 atom stereocenters. The zero-order valence-electron chi connectivity index (χ0n) is 13.5. The number of hydrogen-bond donors (Lipinski definition) is 0. The van der Waals surface area contributed by atoms with Crippen LogP contribution in [0.15, 0.2) is 48.7 Å². The molecule has 124 valence electrons. The highest BCUT2D eigenvalue weighted by Gasteiger charge is 2.63. The van der Waals surface area contributed by atoms with Crippen LogP contribution in [0.5, 0.6) is 0 Å². The Morgan fingerprint density at radius 3 is 2.56 bits per heavy atom. The van der Waals surface area contributed by atoms with Gasteiger partial charge in [0, 0.05) is 23.1 Å². The Balaban J connectivity index is 1.94. The van der Waals surface area contributed by atoms with Gasteiger partial charge in [-0.05, 0) is 30.5 Å². The number of carbonyl (C=O) groups is 1. The van der Waals surface area contributed by atoms with E-state index >= 15 is 0 Å². The zero-order valence-corrected chi connectivity index (χ0v) is 14.2. The van der Waals surface area contributed by atoms with E-state index in [9.17, 15) is 15.3 Å². The summed E-state index contributed by atoms with van der Waals surface area (Å²) in [6, 6.07) is 10.7.